The fourth-order valence-electron chi connectivity index (χ4n) is 2.94. The number of rotatable bonds is 8. The van der Waals surface area contributed by atoms with Gasteiger partial charge < -0.3 is 15.5 Å². The van der Waals surface area contributed by atoms with E-state index in [0.717, 1.165) is 5.56 Å². The van der Waals surface area contributed by atoms with Gasteiger partial charge >= 0.3 is 0 Å². The Bertz CT molecular complexity index is 601. The molecule has 1 fully saturated rings. The molecule has 1 atom stereocenters. The second-order valence-corrected chi connectivity index (χ2v) is 6.90. The second-order valence-electron chi connectivity index (χ2n) is 6.90. The van der Waals surface area contributed by atoms with Crippen molar-refractivity contribution in [1.82, 2.24) is 15.5 Å². The summed E-state index contributed by atoms with van der Waals surface area (Å²) < 4.78 is 0. The van der Waals surface area contributed by atoms with Gasteiger partial charge in [-0.15, -0.1) is 0 Å². The number of likely N-dealkylation sites (tertiary alicyclic amines) is 1. The summed E-state index contributed by atoms with van der Waals surface area (Å²) in [6, 6.07) is 9.51. The van der Waals surface area contributed by atoms with Crippen molar-refractivity contribution in [2.45, 2.75) is 26.7 Å². The molecule has 6 heteroatoms. The quantitative estimate of drug-likeness (QED) is 0.689. The molecule has 1 aromatic rings. The molecule has 0 spiro atoms. The van der Waals surface area contributed by atoms with E-state index in [9.17, 15) is 14.4 Å². The third-order valence-corrected chi connectivity index (χ3v) is 4.12. The van der Waals surface area contributed by atoms with E-state index in [2.05, 4.69) is 24.5 Å². The van der Waals surface area contributed by atoms with Crippen LogP contribution in [0.1, 0.15) is 25.8 Å². The molecule has 6 nitrogen and oxygen atoms in total. The Labute approximate surface area is 149 Å². The van der Waals surface area contributed by atoms with Crippen molar-refractivity contribution >= 4 is 17.7 Å². The molecular formula is C19H27N3O3. The highest BCUT2D eigenvalue weighted by molar-refractivity contribution is 5.89. The third kappa shape index (κ3) is 6.21. The second kappa shape index (κ2) is 9.20. The summed E-state index contributed by atoms with van der Waals surface area (Å²) in [5.74, 6) is -0.0293. The molecule has 0 saturated carbocycles. The molecule has 1 aliphatic heterocycles. The van der Waals surface area contributed by atoms with Gasteiger partial charge in [-0.25, -0.2) is 0 Å². The predicted molar refractivity (Wildman–Crippen MR) is 95.7 cm³/mol. The first-order valence-electron chi connectivity index (χ1n) is 8.82. The summed E-state index contributed by atoms with van der Waals surface area (Å²) >= 11 is 0. The summed E-state index contributed by atoms with van der Waals surface area (Å²) in [7, 11) is 0. The highest BCUT2D eigenvalue weighted by Crippen LogP contribution is 2.18. The maximum Gasteiger partial charge on any atom is 0.225 e. The molecule has 1 aliphatic rings. The lowest BCUT2D eigenvalue weighted by Crippen LogP contribution is -2.39. The van der Waals surface area contributed by atoms with E-state index in [4.69, 9.17) is 0 Å². The SMILES string of the molecule is CC(C)CN1C[C@@H](C(=O)NCCNC(=O)Cc2ccccc2)CC1=O. The number of carbonyl (C=O) groups is 3. The van der Waals surface area contributed by atoms with Crippen molar-refractivity contribution < 1.29 is 14.4 Å². The van der Waals surface area contributed by atoms with Gasteiger partial charge in [0.05, 0.1) is 12.3 Å². The monoisotopic (exact) mass is 345 g/mol. The largest absolute Gasteiger partial charge is 0.354 e. The van der Waals surface area contributed by atoms with Crippen LogP contribution in [-0.4, -0.2) is 48.8 Å². The Morgan fingerprint density at radius 1 is 1.16 bits per heavy atom. The molecule has 25 heavy (non-hydrogen) atoms. The molecule has 1 aromatic carbocycles. The van der Waals surface area contributed by atoms with Crippen LogP contribution < -0.4 is 10.6 Å². The minimum Gasteiger partial charge on any atom is -0.354 e. The predicted octanol–water partition coefficient (Wildman–Crippen LogP) is 0.966. The average Bonchev–Trinajstić information content (AvgIpc) is 2.92. The fourth-order valence-corrected chi connectivity index (χ4v) is 2.94. The van der Waals surface area contributed by atoms with Gasteiger partial charge in [0.1, 0.15) is 0 Å². The number of nitrogens with zero attached hydrogens (tertiary/aromatic N) is 1. The number of nitrogens with one attached hydrogen (secondary N) is 2. The summed E-state index contributed by atoms with van der Waals surface area (Å²) in [5.41, 5.74) is 0.957. The summed E-state index contributed by atoms with van der Waals surface area (Å²) in [6.45, 7) is 6.04. The van der Waals surface area contributed by atoms with Crippen molar-refractivity contribution in [3.05, 3.63) is 35.9 Å². The zero-order chi connectivity index (χ0) is 18.2. The van der Waals surface area contributed by atoms with E-state index >= 15 is 0 Å². The normalized spacial score (nSPS) is 17.0. The van der Waals surface area contributed by atoms with Gasteiger partial charge in [-0.3, -0.25) is 14.4 Å². The first-order chi connectivity index (χ1) is 12.0. The van der Waals surface area contributed by atoms with Gasteiger partial charge in [0.25, 0.3) is 0 Å². The number of carbonyl (C=O) groups excluding carboxylic acids is 3. The Hall–Kier alpha value is -2.37. The maximum atomic E-state index is 12.2. The Kier molecular flexibility index (Phi) is 6.98. The molecule has 0 bridgehead atoms. The molecular weight excluding hydrogens is 318 g/mol. The van der Waals surface area contributed by atoms with E-state index in [0.29, 0.717) is 38.5 Å². The van der Waals surface area contributed by atoms with E-state index in [1.165, 1.54) is 0 Å². The molecule has 0 aliphatic carbocycles. The average molecular weight is 345 g/mol. The molecule has 2 N–H and O–H groups in total. The first-order valence-corrected chi connectivity index (χ1v) is 8.82. The molecule has 0 radical (unpaired) electrons. The van der Waals surface area contributed by atoms with Crippen LogP contribution in [0.4, 0.5) is 0 Å². The zero-order valence-corrected chi connectivity index (χ0v) is 15.0. The number of hydrogen-bond acceptors (Lipinski definition) is 3. The minimum atomic E-state index is -0.286. The van der Waals surface area contributed by atoms with Gasteiger partial charge in [0, 0.05) is 32.6 Å². The van der Waals surface area contributed by atoms with Crippen LogP contribution in [0.3, 0.4) is 0 Å². The van der Waals surface area contributed by atoms with Gasteiger partial charge in [0.2, 0.25) is 17.7 Å². The first kappa shape index (κ1) is 19.0. The lowest BCUT2D eigenvalue weighted by Gasteiger charge is -2.18. The van der Waals surface area contributed by atoms with Crippen molar-refractivity contribution in [3.63, 3.8) is 0 Å². The van der Waals surface area contributed by atoms with Crippen molar-refractivity contribution in [2.24, 2.45) is 11.8 Å². The van der Waals surface area contributed by atoms with E-state index < -0.39 is 0 Å². The van der Waals surface area contributed by atoms with Crippen LogP contribution in [0.2, 0.25) is 0 Å². The van der Waals surface area contributed by atoms with Gasteiger partial charge in [0.15, 0.2) is 0 Å². The van der Waals surface area contributed by atoms with Crippen LogP contribution >= 0.6 is 0 Å². The number of hydrogen-bond donors (Lipinski definition) is 2. The van der Waals surface area contributed by atoms with E-state index in [1.807, 2.05) is 30.3 Å². The van der Waals surface area contributed by atoms with Gasteiger partial charge in [-0.05, 0) is 11.5 Å². The topological polar surface area (TPSA) is 78.5 Å². The third-order valence-electron chi connectivity index (χ3n) is 4.12. The van der Waals surface area contributed by atoms with Crippen LogP contribution in [-0.2, 0) is 20.8 Å². The molecule has 1 saturated heterocycles. The summed E-state index contributed by atoms with van der Waals surface area (Å²) in [4.78, 5) is 37.6. The highest BCUT2D eigenvalue weighted by atomic mass is 16.2. The molecule has 136 valence electrons. The lowest BCUT2D eigenvalue weighted by molar-refractivity contribution is -0.129. The summed E-state index contributed by atoms with van der Waals surface area (Å²) in [6.07, 6.45) is 0.606. The summed E-state index contributed by atoms with van der Waals surface area (Å²) in [5, 5.41) is 5.60. The van der Waals surface area contributed by atoms with Gasteiger partial charge in [-0.1, -0.05) is 44.2 Å². The van der Waals surface area contributed by atoms with Crippen molar-refractivity contribution in [2.75, 3.05) is 26.2 Å². The standard InChI is InChI=1S/C19H27N3O3/c1-14(2)12-22-13-16(11-18(22)24)19(25)21-9-8-20-17(23)10-15-6-4-3-5-7-15/h3-7,14,16H,8-13H2,1-2H3,(H,20,23)(H,21,25)/t16-/m0/s1. The van der Waals surface area contributed by atoms with E-state index in [-0.39, 0.29) is 30.1 Å². The maximum absolute atomic E-state index is 12.2. The van der Waals surface area contributed by atoms with Crippen molar-refractivity contribution in [1.29, 1.82) is 0 Å². The Morgan fingerprint density at radius 3 is 2.52 bits per heavy atom. The smallest absolute Gasteiger partial charge is 0.225 e. The van der Waals surface area contributed by atoms with Gasteiger partial charge in [-0.2, -0.15) is 0 Å². The van der Waals surface area contributed by atoms with Crippen LogP contribution in [0.15, 0.2) is 30.3 Å². The number of amides is 3. The molecule has 3 amide bonds. The van der Waals surface area contributed by atoms with E-state index in [1.54, 1.807) is 4.90 Å². The molecule has 1 heterocycles. The molecule has 0 unspecified atom stereocenters. The zero-order valence-electron chi connectivity index (χ0n) is 15.0. The molecule has 0 aromatic heterocycles. The van der Waals surface area contributed by atoms with Crippen molar-refractivity contribution in [3.8, 4) is 0 Å². The van der Waals surface area contributed by atoms with Crippen LogP contribution in [0, 0.1) is 11.8 Å². The number of benzene rings is 1. The van der Waals surface area contributed by atoms with Crippen LogP contribution in [0.25, 0.3) is 0 Å². The highest BCUT2D eigenvalue weighted by Gasteiger charge is 2.34. The van der Waals surface area contributed by atoms with Crippen LogP contribution in [0.5, 0.6) is 0 Å². The fraction of sp³-hybridized carbons (Fsp3) is 0.526. The Morgan fingerprint density at radius 2 is 1.84 bits per heavy atom. The molecule has 2 rings (SSSR count). The Balaban J connectivity index is 1.64. The minimum absolute atomic E-state index is 0.0463. The lowest BCUT2D eigenvalue weighted by atomic mass is 10.1.